The topological polar surface area (TPSA) is 88.3 Å². The molecule has 1 aliphatic carbocycles. The minimum absolute atomic E-state index is 0.0993. The van der Waals surface area contributed by atoms with Gasteiger partial charge < -0.3 is 14.7 Å². The highest BCUT2D eigenvalue weighted by Gasteiger charge is 2.31. The highest BCUT2D eigenvalue weighted by atomic mass is 16.5. The number of nitrogens with zero attached hydrogens (tertiary/aromatic N) is 3. The number of carbonyl (C=O) groups excluding carboxylic acids is 2. The SMILES string of the molecule is CNC(=O)c1cc(C2CC2)cc2onc(C3CCN(C(=O)Cc4ccccn4)CC3)c12. The second kappa shape index (κ2) is 8.13. The van der Waals surface area contributed by atoms with Crippen LogP contribution in [0.3, 0.4) is 0 Å². The van der Waals surface area contributed by atoms with Gasteiger partial charge >= 0.3 is 0 Å². The third kappa shape index (κ3) is 3.92. The van der Waals surface area contributed by atoms with E-state index in [2.05, 4.69) is 15.5 Å². The van der Waals surface area contributed by atoms with Crippen LogP contribution in [0.5, 0.6) is 0 Å². The molecule has 3 heterocycles. The van der Waals surface area contributed by atoms with E-state index in [1.165, 1.54) is 0 Å². The number of hydrogen-bond donors (Lipinski definition) is 1. The number of rotatable bonds is 5. The predicted molar refractivity (Wildman–Crippen MR) is 116 cm³/mol. The van der Waals surface area contributed by atoms with E-state index in [0.717, 1.165) is 48.0 Å². The molecule has 7 heteroatoms. The zero-order valence-corrected chi connectivity index (χ0v) is 17.6. The quantitative estimate of drug-likeness (QED) is 0.686. The molecule has 31 heavy (non-hydrogen) atoms. The zero-order chi connectivity index (χ0) is 21.4. The van der Waals surface area contributed by atoms with Crippen molar-refractivity contribution in [1.29, 1.82) is 0 Å². The maximum atomic E-state index is 12.7. The molecule has 3 aromatic rings. The summed E-state index contributed by atoms with van der Waals surface area (Å²) in [6.07, 6.45) is 5.95. The van der Waals surface area contributed by atoms with Gasteiger partial charge in [-0.3, -0.25) is 14.6 Å². The van der Waals surface area contributed by atoms with Crippen molar-refractivity contribution in [2.75, 3.05) is 20.1 Å². The van der Waals surface area contributed by atoms with Crippen LogP contribution in [0, 0.1) is 0 Å². The summed E-state index contributed by atoms with van der Waals surface area (Å²) in [6.45, 7) is 1.33. The molecule has 160 valence electrons. The number of pyridine rings is 1. The first-order valence-electron chi connectivity index (χ1n) is 11.0. The summed E-state index contributed by atoms with van der Waals surface area (Å²) in [5.41, 5.74) is 4.12. The van der Waals surface area contributed by atoms with E-state index in [4.69, 9.17) is 4.52 Å². The Morgan fingerprint density at radius 1 is 1.13 bits per heavy atom. The lowest BCUT2D eigenvalue weighted by Crippen LogP contribution is -2.39. The maximum absolute atomic E-state index is 12.7. The molecule has 2 amide bonds. The molecule has 1 saturated heterocycles. The number of nitrogens with one attached hydrogen (secondary N) is 1. The summed E-state index contributed by atoms with van der Waals surface area (Å²) < 4.78 is 5.69. The van der Waals surface area contributed by atoms with Gasteiger partial charge in [0.25, 0.3) is 5.91 Å². The summed E-state index contributed by atoms with van der Waals surface area (Å²) in [4.78, 5) is 31.4. The molecule has 2 aliphatic rings. The van der Waals surface area contributed by atoms with Gasteiger partial charge in [0.2, 0.25) is 5.91 Å². The first kappa shape index (κ1) is 19.7. The average molecular weight is 418 g/mol. The van der Waals surface area contributed by atoms with Gasteiger partial charge in [-0.15, -0.1) is 0 Å². The van der Waals surface area contributed by atoms with Crippen LogP contribution in [0.2, 0.25) is 0 Å². The Balaban J connectivity index is 1.35. The van der Waals surface area contributed by atoms with Gasteiger partial charge in [0.05, 0.1) is 23.1 Å². The molecular formula is C24H26N4O3. The van der Waals surface area contributed by atoms with E-state index < -0.39 is 0 Å². The number of benzene rings is 1. The molecule has 5 rings (SSSR count). The zero-order valence-electron chi connectivity index (χ0n) is 17.6. The van der Waals surface area contributed by atoms with Crippen molar-refractivity contribution < 1.29 is 14.1 Å². The van der Waals surface area contributed by atoms with E-state index in [-0.39, 0.29) is 17.7 Å². The van der Waals surface area contributed by atoms with Crippen molar-refractivity contribution in [2.24, 2.45) is 0 Å². The number of fused-ring (bicyclic) bond motifs is 1. The molecule has 2 aromatic heterocycles. The first-order valence-corrected chi connectivity index (χ1v) is 11.0. The lowest BCUT2D eigenvalue weighted by atomic mass is 9.89. The summed E-state index contributed by atoms with van der Waals surface area (Å²) in [6, 6.07) is 9.67. The predicted octanol–water partition coefficient (Wildman–Crippen LogP) is 3.41. The van der Waals surface area contributed by atoms with Crippen LogP contribution in [0.25, 0.3) is 11.0 Å². The maximum Gasteiger partial charge on any atom is 0.251 e. The standard InChI is InChI=1S/C24H26N4O3/c1-25-24(30)19-12-17(15-5-6-15)13-20-22(19)23(27-31-20)16-7-10-28(11-8-16)21(29)14-18-4-2-3-9-26-18/h2-4,9,12-13,15-16H,5-8,10-11,14H2,1H3,(H,25,30). The number of amides is 2. The lowest BCUT2D eigenvalue weighted by molar-refractivity contribution is -0.131. The highest BCUT2D eigenvalue weighted by molar-refractivity contribution is 6.07. The van der Waals surface area contributed by atoms with Gasteiger partial charge in [0, 0.05) is 37.9 Å². The summed E-state index contributed by atoms with van der Waals surface area (Å²) in [5, 5.41) is 7.97. The number of hydrogen-bond acceptors (Lipinski definition) is 5. The number of piperidine rings is 1. The van der Waals surface area contributed by atoms with Gasteiger partial charge in [-0.1, -0.05) is 11.2 Å². The average Bonchev–Trinajstić information content (AvgIpc) is 3.58. The Bertz CT molecular complexity index is 1110. The van der Waals surface area contributed by atoms with Gasteiger partial charge in [-0.2, -0.15) is 0 Å². The summed E-state index contributed by atoms with van der Waals surface area (Å²) in [5.74, 6) is 0.673. The Kier molecular flexibility index (Phi) is 5.18. The molecular weight excluding hydrogens is 392 g/mol. The molecule has 1 saturated carbocycles. The Morgan fingerprint density at radius 2 is 1.94 bits per heavy atom. The largest absolute Gasteiger partial charge is 0.356 e. The van der Waals surface area contributed by atoms with Crippen LogP contribution in [0.15, 0.2) is 41.1 Å². The Morgan fingerprint density at radius 3 is 2.61 bits per heavy atom. The molecule has 7 nitrogen and oxygen atoms in total. The van der Waals surface area contributed by atoms with Crippen LogP contribution in [-0.4, -0.2) is 47.0 Å². The van der Waals surface area contributed by atoms with Crippen LogP contribution in [0.4, 0.5) is 0 Å². The first-order chi connectivity index (χ1) is 15.1. The van der Waals surface area contributed by atoms with Crippen LogP contribution in [0.1, 0.15) is 64.8 Å². The smallest absolute Gasteiger partial charge is 0.251 e. The highest BCUT2D eigenvalue weighted by Crippen LogP contribution is 2.43. The minimum Gasteiger partial charge on any atom is -0.356 e. The number of aromatic nitrogens is 2. The van der Waals surface area contributed by atoms with E-state index in [9.17, 15) is 9.59 Å². The molecule has 0 spiro atoms. The van der Waals surface area contributed by atoms with Gasteiger partial charge in [-0.05, 0) is 61.4 Å². The third-order valence-electron chi connectivity index (χ3n) is 6.44. The van der Waals surface area contributed by atoms with Gasteiger partial charge in [-0.25, -0.2) is 0 Å². The molecule has 0 radical (unpaired) electrons. The fourth-order valence-corrected chi connectivity index (χ4v) is 4.53. The lowest BCUT2D eigenvalue weighted by Gasteiger charge is -2.31. The second-order valence-electron chi connectivity index (χ2n) is 8.52. The third-order valence-corrected chi connectivity index (χ3v) is 6.44. The Labute approximate surface area is 180 Å². The van der Waals surface area contributed by atoms with Crippen molar-refractivity contribution in [2.45, 2.75) is 43.9 Å². The van der Waals surface area contributed by atoms with Gasteiger partial charge in [0.1, 0.15) is 0 Å². The van der Waals surface area contributed by atoms with Crippen molar-refractivity contribution >= 4 is 22.8 Å². The fourth-order valence-electron chi connectivity index (χ4n) is 4.53. The molecule has 1 N–H and O–H groups in total. The van der Waals surface area contributed by atoms with Gasteiger partial charge in [0.15, 0.2) is 5.58 Å². The van der Waals surface area contributed by atoms with Crippen LogP contribution >= 0.6 is 0 Å². The molecule has 1 aliphatic heterocycles. The molecule has 0 atom stereocenters. The molecule has 0 unspecified atom stereocenters. The summed E-state index contributed by atoms with van der Waals surface area (Å²) >= 11 is 0. The number of likely N-dealkylation sites (tertiary alicyclic amines) is 1. The van der Waals surface area contributed by atoms with Crippen LogP contribution in [-0.2, 0) is 11.2 Å². The Hall–Kier alpha value is -3.22. The monoisotopic (exact) mass is 418 g/mol. The van der Waals surface area contributed by atoms with Crippen molar-refractivity contribution in [3.05, 3.63) is 59.0 Å². The van der Waals surface area contributed by atoms with Crippen molar-refractivity contribution in [1.82, 2.24) is 20.4 Å². The van der Waals surface area contributed by atoms with E-state index in [1.807, 2.05) is 35.2 Å². The fraction of sp³-hybridized carbons (Fsp3) is 0.417. The summed E-state index contributed by atoms with van der Waals surface area (Å²) in [7, 11) is 1.65. The number of carbonyl (C=O) groups is 2. The van der Waals surface area contributed by atoms with E-state index >= 15 is 0 Å². The second-order valence-corrected chi connectivity index (χ2v) is 8.52. The molecule has 0 bridgehead atoms. The molecule has 1 aromatic carbocycles. The molecule has 2 fully saturated rings. The van der Waals surface area contributed by atoms with Crippen molar-refractivity contribution in [3.63, 3.8) is 0 Å². The minimum atomic E-state index is -0.111. The normalized spacial score (nSPS) is 17.1. The van der Waals surface area contributed by atoms with E-state index in [0.29, 0.717) is 36.6 Å². The van der Waals surface area contributed by atoms with Crippen molar-refractivity contribution in [3.8, 4) is 0 Å². The van der Waals surface area contributed by atoms with E-state index in [1.54, 1.807) is 13.2 Å². The van der Waals surface area contributed by atoms with Crippen LogP contribution < -0.4 is 5.32 Å².